The van der Waals surface area contributed by atoms with Crippen molar-refractivity contribution >= 4 is 70.8 Å². The number of benzene rings is 1. The summed E-state index contributed by atoms with van der Waals surface area (Å²) >= 11 is 1.43. The number of nitrogens with one attached hydrogen (secondary N) is 5. The largest absolute Gasteiger partial charge is 0.508 e. The van der Waals surface area contributed by atoms with Crippen molar-refractivity contribution in [3.8, 4) is 5.75 Å². The Morgan fingerprint density at radius 2 is 1.45 bits per heavy atom. The lowest BCUT2D eigenvalue weighted by atomic mass is 9.94. The van der Waals surface area contributed by atoms with Gasteiger partial charge in [0.15, 0.2) is 5.78 Å². The number of carbonyl (C=O) groups excluding carboxylic acids is 8. The van der Waals surface area contributed by atoms with Gasteiger partial charge in [0.05, 0.1) is 6.42 Å². The number of Topliss-reactive ketones (excluding diaryl/α,β-unsaturated/α-hetero) is 1. The van der Waals surface area contributed by atoms with Crippen molar-refractivity contribution < 1.29 is 63.3 Å². The number of carboxylic acid groups (broad SMARTS) is 2. The molecule has 0 radical (unpaired) electrons. The highest BCUT2D eigenvalue weighted by Gasteiger charge is 2.41. The number of nitrogens with zero attached hydrogens (tertiary/aromatic N) is 1. The lowest BCUT2D eigenvalue weighted by Crippen LogP contribution is -2.60. The topological polar surface area (TPSA) is 321 Å². The van der Waals surface area contributed by atoms with Crippen molar-refractivity contribution in [2.75, 3.05) is 18.6 Å². The molecule has 332 valence electrons. The van der Waals surface area contributed by atoms with Crippen molar-refractivity contribution in [3.05, 3.63) is 29.3 Å². The summed E-state index contributed by atoms with van der Waals surface area (Å²) in [5, 5.41) is 41.3. The lowest BCUT2D eigenvalue weighted by molar-refractivity contribution is -0.143. The molecule has 1 heterocycles. The number of thioether (sulfide) groups is 1. The van der Waals surface area contributed by atoms with Gasteiger partial charge in [0, 0.05) is 25.5 Å². The van der Waals surface area contributed by atoms with Gasteiger partial charge in [0.2, 0.25) is 41.4 Å². The minimum atomic E-state index is -1.68. The minimum absolute atomic E-state index is 0.00364. The van der Waals surface area contributed by atoms with Crippen LogP contribution < -0.4 is 32.3 Å². The van der Waals surface area contributed by atoms with Crippen molar-refractivity contribution in [3.63, 3.8) is 0 Å². The zero-order chi connectivity index (χ0) is 45.4. The van der Waals surface area contributed by atoms with Crippen LogP contribution in [0.2, 0.25) is 0 Å². The zero-order valence-corrected chi connectivity index (χ0v) is 35.4. The molecule has 20 nitrogen and oxygen atoms in total. The highest BCUT2D eigenvalue weighted by molar-refractivity contribution is 7.98. The van der Waals surface area contributed by atoms with Crippen LogP contribution in [0.4, 0.5) is 0 Å². The Morgan fingerprint density at radius 1 is 0.833 bits per heavy atom. The van der Waals surface area contributed by atoms with Gasteiger partial charge < -0.3 is 52.5 Å². The first-order valence-corrected chi connectivity index (χ1v) is 20.8. The van der Waals surface area contributed by atoms with Gasteiger partial charge in [-0.05, 0) is 67.2 Å². The maximum atomic E-state index is 14.3. The Bertz CT molecular complexity index is 1770. The molecule has 1 saturated heterocycles. The number of nitrogens with two attached hydrogens (primary N) is 1. The molecule has 7 amide bonds. The van der Waals surface area contributed by atoms with Gasteiger partial charge in [-0.25, -0.2) is 0 Å². The van der Waals surface area contributed by atoms with Crippen molar-refractivity contribution in [1.29, 1.82) is 0 Å². The minimum Gasteiger partial charge on any atom is -0.508 e. The molecular weight excluding hydrogens is 807 g/mol. The zero-order valence-electron chi connectivity index (χ0n) is 34.6. The molecule has 0 aromatic heterocycles. The number of hydrogen-bond acceptors (Lipinski definition) is 12. The summed E-state index contributed by atoms with van der Waals surface area (Å²) in [5.41, 5.74) is 5.24. The Kier molecular flexibility index (Phi) is 20.0. The second kappa shape index (κ2) is 23.8. The maximum Gasteiger partial charge on any atom is 0.311 e. The molecule has 60 heavy (non-hydrogen) atoms. The predicted molar refractivity (Wildman–Crippen MR) is 217 cm³/mol. The molecule has 0 spiro atoms. The van der Waals surface area contributed by atoms with Gasteiger partial charge in [-0.15, -0.1) is 0 Å². The number of carboxylic acids is 2. The van der Waals surface area contributed by atoms with E-state index in [2.05, 4.69) is 26.6 Å². The molecule has 6 atom stereocenters. The number of carbonyl (C=O) groups is 10. The average molecular weight is 864 g/mol. The third-order valence-electron chi connectivity index (χ3n) is 9.52. The van der Waals surface area contributed by atoms with Crippen LogP contribution in [-0.2, 0) is 49.6 Å². The Hall–Kier alpha value is -5.73. The third kappa shape index (κ3) is 15.8. The first-order chi connectivity index (χ1) is 28.0. The van der Waals surface area contributed by atoms with E-state index in [0.717, 1.165) is 19.1 Å². The van der Waals surface area contributed by atoms with Crippen LogP contribution in [0.3, 0.4) is 0 Å². The molecule has 2 rings (SSSR count). The van der Waals surface area contributed by atoms with Crippen molar-refractivity contribution in [2.45, 2.75) is 116 Å². The van der Waals surface area contributed by atoms with Crippen LogP contribution >= 0.6 is 11.8 Å². The fourth-order valence-electron chi connectivity index (χ4n) is 6.58. The smallest absolute Gasteiger partial charge is 0.311 e. The Morgan fingerprint density at radius 3 is 2.00 bits per heavy atom. The van der Waals surface area contributed by atoms with Crippen LogP contribution in [0.5, 0.6) is 5.75 Å². The summed E-state index contributed by atoms with van der Waals surface area (Å²) in [6.45, 7) is 8.08. The average Bonchev–Trinajstić information content (AvgIpc) is 3.64. The second-order valence-corrected chi connectivity index (χ2v) is 16.3. The summed E-state index contributed by atoms with van der Waals surface area (Å²) in [4.78, 5) is 130. The van der Waals surface area contributed by atoms with Gasteiger partial charge >= 0.3 is 11.9 Å². The van der Waals surface area contributed by atoms with E-state index in [9.17, 15) is 63.3 Å². The molecule has 1 aromatic rings. The number of aliphatic carboxylic acids is 2. The van der Waals surface area contributed by atoms with E-state index < -0.39 is 126 Å². The highest BCUT2D eigenvalue weighted by atomic mass is 32.2. The fraction of sp³-hybridized carbons (Fsp3) is 0.590. The molecule has 10 N–H and O–H groups in total. The summed E-state index contributed by atoms with van der Waals surface area (Å²) in [6, 6.07) is -4.40. The normalized spacial score (nSPS) is 16.1. The summed E-state index contributed by atoms with van der Waals surface area (Å²) < 4.78 is 0. The van der Waals surface area contributed by atoms with Crippen LogP contribution in [0.1, 0.15) is 89.1 Å². The lowest BCUT2D eigenvalue weighted by Gasteiger charge is -2.32. The molecule has 21 heteroatoms. The Labute approximate surface area is 351 Å². The third-order valence-corrected chi connectivity index (χ3v) is 10.2. The van der Waals surface area contributed by atoms with Gasteiger partial charge in [-0.2, -0.15) is 11.8 Å². The highest BCUT2D eigenvalue weighted by Crippen LogP contribution is 2.23. The van der Waals surface area contributed by atoms with E-state index in [0.29, 0.717) is 12.2 Å². The maximum absolute atomic E-state index is 14.3. The van der Waals surface area contributed by atoms with E-state index in [1.807, 2.05) is 20.1 Å². The second-order valence-electron chi connectivity index (χ2n) is 15.3. The number of hydrogen-bond donors (Lipinski definition) is 9. The van der Waals surface area contributed by atoms with Crippen LogP contribution in [0.25, 0.3) is 0 Å². The molecule has 1 fully saturated rings. The molecule has 0 saturated carbocycles. The SMILES string of the molecule is CSCCC(NC(=O)C1CCCN1C(=O)C(NC(=O)C(Cc1ccc(O)cc1C(=O)CC(=O)O)NC(=O)C(CC(=O)O)NC(C)=O)C(C)C)C(=O)NC(CC(C)C)C(N)=O. The number of primary amides is 1. The number of phenols is 1. The van der Waals surface area contributed by atoms with E-state index in [1.165, 1.54) is 22.7 Å². The molecule has 0 aliphatic carbocycles. The quantitative estimate of drug-likeness (QED) is 0.0465. The Balaban J connectivity index is 2.47. The molecule has 1 aromatic carbocycles. The van der Waals surface area contributed by atoms with Gasteiger partial charge in [0.1, 0.15) is 48.4 Å². The van der Waals surface area contributed by atoms with Gasteiger partial charge in [-0.1, -0.05) is 33.8 Å². The fourth-order valence-corrected chi connectivity index (χ4v) is 7.05. The van der Waals surface area contributed by atoms with E-state index in [4.69, 9.17) is 5.73 Å². The monoisotopic (exact) mass is 863 g/mol. The summed E-state index contributed by atoms with van der Waals surface area (Å²) in [7, 11) is 0. The number of rotatable bonds is 24. The molecule has 1 aliphatic rings. The molecule has 0 bridgehead atoms. The number of phenolic OH excluding ortho intramolecular Hbond substituents is 1. The molecule has 6 unspecified atom stereocenters. The molecular formula is C39H57N7O13S. The molecule has 1 aliphatic heterocycles. The predicted octanol–water partition coefficient (Wildman–Crippen LogP) is -0.558. The van der Waals surface area contributed by atoms with Crippen LogP contribution in [0, 0.1) is 11.8 Å². The first kappa shape index (κ1) is 50.4. The first-order valence-electron chi connectivity index (χ1n) is 19.4. The van der Waals surface area contributed by atoms with E-state index in [1.54, 1.807) is 13.8 Å². The standard InChI is InChI=1S/C39H57N7O13S/c1-19(2)14-26(34(40)54)43-35(55)25(11-13-60-6)42-38(58)29-8-7-12-46(29)39(59)33(20(3)4)45-37(57)27(44-36(56)28(17-31(50)51)41-21(5)47)15-22-9-10-23(48)16-24(22)30(49)18-32(52)53/h9-10,16,19-20,25-29,33,48H,7-8,11-15,17-18H2,1-6H3,(H2,40,54)(H,41,47)(H,42,58)(H,43,55)(H,44,56)(H,45,57)(H,50,51)(H,52,53). The number of likely N-dealkylation sites (tertiary alicyclic amines) is 1. The number of ketones is 1. The van der Waals surface area contributed by atoms with Gasteiger partial charge in [0.25, 0.3) is 0 Å². The van der Waals surface area contributed by atoms with Gasteiger partial charge in [-0.3, -0.25) is 47.9 Å². The number of amides is 7. The van der Waals surface area contributed by atoms with E-state index in [-0.39, 0.29) is 42.9 Å². The van der Waals surface area contributed by atoms with Crippen LogP contribution in [-0.4, -0.2) is 134 Å². The summed E-state index contributed by atoms with van der Waals surface area (Å²) in [6.07, 6.45) is 0.509. The van der Waals surface area contributed by atoms with Crippen molar-refractivity contribution in [1.82, 2.24) is 31.5 Å². The van der Waals surface area contributed by atoms with Crippen LogP contribution in [0.15, 0.2) is 18.2 Å². The number of aromatic hydroxyl groups is 1. The van der Waals surface area contributed by atoms with E-state index >= 15 is 0 Å². The van der Waals surface area contributed by atoms with Crippen molar-refractivity contribution in [2.24, 2.45) is 17.6 Å². The summed E-state index contributed by atoms with van der Waals surface area (Å²) in [5.74, 6) is -9.97.